The molecule has 0 amide bonds. The molecular weight excluding hydrogens is 216 g/mol. The van der Waals surface area contributed by atoms with Gasteiger partial charge in [0.15, 0.2) is 0 Å². The van der Waals surface area contributed by atoms with Gasteiger partial charge in [0, 0.05) is 11.0 Å². The van der Waals surface area contributed by atoms with Crippen LogP contribution < -0.4 is 0 Å². The molecule has 0 unspecified atom stereocenters. The van der Waals surface area contributed by atoms with Crippen LogP contribution in [0.25, 0.3) is 0 Å². The van der Waals surface area contributed by atoms with E-state index >= 15 is 0 Å². The molecule has 0 spiro atoms. The van der Waals surface area contributed by atoms with Gasteiger partial charge in [0.25, 0.3) is 0 Å². The second-order valence-corrected chi connectivity index (χ2v) is 6.88. The molecule has 0 N–H and O–H groups in total. The Labute approximate surface area is 111 Å². The Kier molecular flexibility index (Phi) is 2.39. The third-order valence-corrected chi connectivity index (χ3v) is 6.13. The van der Waals surface area contributed by atoms with Gasteiger partial charge in [-0.3, -0.25) is 0 Å². The number of hydrogen-bond acceptors (Lipinski definition) is 0. The van der Waals surface area contributed by atoms with Crippen LogP contribution in [0.3, 0.4) is 0 Å². The summed E-state index contributed by atoms with van der Waals surface area (Å²) in [6, 6.07) is 10.4. The molecule has 0 radical (unpaired) electrons. The normalized spacial score (nSPS) is 36.2. The molecule has 0 aromatic heterocycles. The molecule has 0 atom stereocenters. The van der Waals surface area contributed by atoms with Crippen LogP contribution in [0.1, 0.15) is 52.0 Å². The van der Waals surface area contributed by atoms with Crippen molar-refractivity contribution in [2.24, 2.45) is 16.2 Å². The van der Waals surface area contributed by atoms with Gasteiger partial charge < -0.3 is 0 Å². The predicted octanol–water partition coefficient (Wildman–Crippen LogP) is 4.64. The van der Waals surface area contributed by atoms with Gasteiger partial charge in [-0.25, -0.2) is 0 Å². The van der Waals surface area contributed by atoms with Crippen LogP contribution in [0.2, 0.25) is 0 Å². The zero-order chi connectivity index (χ0) is 12.9. The molecule has 0 saturated heterocycles. The average molecular weight is 238 g/mol. The first-order valence-corrected chi connectivity index (χ1v) is 7.07. The summed E-state index contributed by atoms with van der Waals surface area (Å²) in [5.41, 5.74) is 2.29. The van der Waals surface area contributed by atoms with Gasteiger partial charge in [-0.15, -0.1) is 0 Å². The van der Waals surface area contributed by atoms with Crippen molar-refractivity contribution in [1.29, 1.82) is 0 Å². The van der Waals surface area contributed by atoms with Crippen molar-refractivity contribution in [2.75, 3.05) is 0 Å². The number of hydrogen-bond donors (Lipinski definition) is 0. The van der Waals surface area contributed by atoms with E-state index in [9.17, 15) is 0 Å². The summed E-state index contributed by atoms with van der Waals surface area (Å²) in [5.74, 6) is 7.10. The standard InChI is InChI=1S/C18H22/c1-16(2)17(3)11-13-18(16,14-12-17)10-9-15-7-5-4-6-8-15/h4-8H,11-14H2,1-3H3. The molecule has 0 heterocycles. The Morgan fingerprint density at radius 2 is 1.50 bits per heavy atom. The summed E-state index contributed by atoms with van der Waals surface area (Å²) in [6.07, 6.45) is 5.28. The lowest BCUT2D eigenvalue weighted by atomic mass is 9.65. The summed E-state index contributed by atoms with van der Waals surface area (Å²) in [4.78, 5) is 0. The van der Waals surface area contributed by atoms with Crippen molar-refractivity contribution >= 4 is 0 Å². The maximum atomic E-state index is 3.67. The molecule has 2 bridgehead atoms. The highest BCUT2D eigenvalue weighted by Crippen LogP contribution is 2.71. The van der Waals surface area contributed by atoms with Gasteiger partial charge in [0.2, 0.25) is 0 Å². The Bertz CT molecular complexity index is 502. The molecule has 3 rings (SSSR count). The smallest absolute Gasteiger partial charge is 0.0374 e. The fourth-order valence-corrected chi connectivity index (χ4v) is 4.05. The Morgan fingerprint density at radius 3 is 2.00 bits per heavy atom. The van der Waals surface area contributed by atoms with Crippen LogP contribution >= 0.6 is 0 Å². The Hall–Kier alpha value is -1.22. The van der Waals surface area contributed by atoms with Gasteiger partial charge in [-0.1, -0.05) is 50.8 Å². The first-order valence-electron chi connectivity index (χ1n) is 7.07. The lowest BCUT2D eigenvalue weighted by molar-refractivity contribution is 0.125. The summed E-state index contributed by atoms with van der Waals surface area (Å²) >= 11 is 0. The summed E-state index contributed by atoms with van der Waals surface area (Å²) in [7, 11) is 0. The van der Waals surface area contributed by atoms with Crippen molar-refractivity contribution in [3.8, 4) is 11.8 Å². The Morgan fingerprint density at radius 1 is 0.889 bits per heavy atom. The highest BCUT2D eigenvalue weighted by Gasteiger charge is 2.64. The Balaban J connectivity index is 1.97. The van der Waals surface area contributed by atoms with Gasteiger partial charge in [-0.2, -0.15) is 0 Å². The van der Waals surface area contributed by atoms with Crippen LogP contribution in [-0.4, -0.2) is 0 Å². The lowest BCUT2D eigenvalue weighted by Gasteiger charge is -2.38. The van der Waals surface area contributed by atoms with Crippen molar-refractivity contribution in [1.82, 2.24) is 0 Å². The average Bonchev–Trinajstić information content (AvgIpc) is 2.69. The fourth-order valence-electron chi connectivity index (χ4n) is 4.05. The summed E-state index contributed by atoms with van der Waals surface area (Å²) in [6.45, 7) is 7.34. The SMILES string of the molecule is CC12CCC(C#Cc3ccccc3)(CC1)C2(C)C. The van der Waals surface area contributed by atoms with Gasteiger partial charge in [0.1, 0.15) is 0 Å². The maximum Gasteiger partial charge on any atom is 0.0374 e. The van der Waals surface area contributed by atoms with Crippen molar-refractivity contribution in [3.63, 3.8) is 0 Å². The zero-order valence-corrected chi connectivity index (χ0v) is 11.7. The van der Waals surface area contributed by atoms with Crippen LogP contribution in [0.15, 0.2) is 30.3 Å². The first kappa shape index (κ1) is 11.8. The van der Waals surface area contributed by atoms with E-state index < -0.39 is 0 Å². The molecule has 0 nitrogen and oxygen atoms in total. The van der Waals surface area contributed by atoms with Crippen molar-refractivity contribution in [3.05, 3.63) is 35.9 Å². The van der Waals surface area contributed by atoms with E-state index in [1.807, 2.05) is 0 Å². The number of rotatable bonds is 0. The molecule has 2 fully saturated rings. The molecular formula is C18H22. The van der Waals surface area contributed by atoms with Crippen LogP contribution in [0.5, 0.6) is 0 Å². The first-order chi connectivity index (χ1) is 8.49. The second kappa shape index (κ2) is 3.64. The number of benzene rings is 1. The third-order valence-electron chi connectivity index (χ3n) is 6.13. The molecule has 0 heteroatoms. The molecule has 2 saturated carbocycles. The minimum Gasteiger partial charge on any atom is -0.0905 e. The van der Waals surface area contributed by atoms with E-state index in [4.69, 9.17) is 0 Å². The van der Waals surface area contributed by atoms with Crippen LogP contribution in [0, 0.1) is 28.1 Å². The van der Waals surface area contributed by atoms with Crippen molar-refractivity contribution < 1.29 is 0 Å². The van der Waals surface area contributed by atoms with E-state index in [0.717, 1.165) is 5.56 Å². The summed E-state index contributed by atoms with van der Waals surface area (Å²) in [5, 5.41) is 0. The van der Waals surface area contributed by atoms with Gasteiger partial charge in [-0.05, 0) is 48.6 Å². The van der Waals surface area contributed by atoms with E-state index in [2.05, 4.69) is 62.9 Å². The summed E-state index contributed by atoms with van der Waals surface area (Å²) < 4.78 is 0. The van der Waals surface area contributed by atoms with E-state index in [1.54, 1.807) is 0 Å². The van der Waals surface area contributed by atoms with Crippen LogP contribution in [-0.2, 0) is 0 Å². The van der Waals surface area contributed by atoms with Crippen LogP contribution in [0.4, 0.5) is 0 Å². The minimum absolute atomic E-state index is 0.261. The minimum atomic E-state index is 0.261. The molecule has 18 heavy (non-hydrogen) atoms. The van der Waals surface area contributed by atoms with E-state index in [-0.39, 0.29) is 5.41 Å². The highest BCUT2D eigenvalue weighted by atomic mass is 14.7. The fraction of sp³-hybridized carbons (Fsp3) is 0.556. The number of fused-ring (bicyclic) bond motifs is 2. The predicted molar refractivity (Wildman–Crippen MR) is 76.1 cm³/mol. The monoisotopic (exact) mass is 238 g/mol. The van der Waals surface area contributed by atoms with Gasteiger partial charge >= 0.3 is 0 Å². The quantitative estimate of drug-likeness (QED) is 0.577. The molecule has 1 aromatic carbocycles. The van der Waals surface area contributed by atoms with Gasteiger partial charge in [0.05, 0.1) is 0 Å². The second-order valence-electron chi connectivity index (χ2n) is 6.88. The van der Waals surface area contributed by atoms with Crippen molar-refractivity contribution in [2.45, 2.75) is 46.5 Å². The molecule has 2 aliphatic carbocycles. The lowest BCUT2D eigenvalue weighted by Crippen LogP contribution is -2.33. The maximum absolute atomic E-state index is 3.67. The highest BCUT2D eigenvalue weighted by molar-refractivity contribution is 5.38. The molecule has 94 valence electrons. The molecule has 1 aromatic rings. The molecule has 0 aliphatic heterocycles. The van der Waals surface area contributed by atoms with E-state index in [1.165, 1.54) is 25.7 Å². The third kappa shape index (κ3) is 1.40. The topological polar surface area (TPSA) is 0 Å². The van der Waals surface area contributed by atoms with E-state index in [0.29, 0.717) is 10.8 Å². The largest absolute Gasteiger partial charge is 0.0905 e. The molecule has 2 aliphatic rings. The zero-order valence-electron chi connectivity index (χ0n) is 11.7.